The van der Waals surface area contributed by atoms with Gasteiger partial charge in [0.25, 0.3) is 0 Å². The lowest BCUT2D eigenvalue weighted by molar-refractivity contribution is 0.416. The molecule has 1 nitrogen and oxygen atoms in total. The summed E-state index contributed by atoms with van der Waals surface area (Å²) in [6, 6.07) is 16.5. The van der Waals surface area contributed by atoms with Gasteiger partial charge in [-0.1, -0.05) is 52.3 Å². The highest BCUT2D eigenvalue weighted by Crippen LogP contribution is 2.31. The molecule has 0 aliphatic heterocycles. The largest absolute Gasteiger partial charge is 0.496 e. The maximum atomic E-state index is 5.38. The summed E-state index contributed by atoms with van der Waals surface area (Å²) in [5.41, 5.74) is 3.57. The van der Waals surface area contributed by atoms with Crippen LogP contribution in [0.2, 0.25) is 0 Å². The van der Waals surface area contributed by atoms with Gasteiger partial charge < -0.3 is 4.74 Å². The molecule has 0 saturated carbocycles. The van der Waals surface area contributed by atoms with Gasteiger partial charge in [-0.2, -0.15) is 0 Å². The quantitative estimate of drug-likeness (QED) is 0.762. The van der Waals surface area contributed by atoms with Crippen LogP contribution in [0, 0.1) is 0 Å². The molecule has 2 aromatic rings. The first-order valence-electron chi connectivity index (χ1n) is 5.13. The molecule has 2 heteroatoms. The van der Waals surface area contributed by atoms with E-state index >= 15 is 0 Å². The molecule has 0 bridgehead atoms. The Morgan fingerprint density at radius 1 is 1.06 bits per heavy atom. The minimum atomic E-state index is 0.858. The van der Waals surface area contributed by atoms with Crippen molar-refractivity contribution >= 4 is 15.9 Å². The average molecular weight is 277 g/mol. The molecule has 0 aromatic heterocycles. The van der Waals surface area contributed by atoms with Gasteiger partial charge in [0.15, 0.2) is 0 Å². The fraction of sp³-hybridized carbons (Fsp3) is 0.143. The van der Waals surface area contributed by atoms with Crippen molar-refractivity contribution in [3.05, 3.63) is 54.1 Å². The van der Waals surface area contributed by atoms with Crippen molar-refractivity contribution in [3.63, 3.8) is 0 Å². The van der Waals surface area contributed by atoms with Gasteiger partial charge in [-0.05, 0) is 23.3 Å². The fourth-order valence-electron chi connectivity index (χ4n) is 1.68. The van der Waals surface area contributed by atoms with Crippen LogP contribution in [0.5, 0.6) is 5.75 Å². The first-order chi connectivity index (χ1) is 7.85. The van der Waals surface area contributed by atoms with Crippen molar-refractivity contribution in [2.24, 2.45) is 0 Å². The lowest BCUT2D eigenvalue weighted by Crippen LogP contribution is -1.89. The van der Waals surface area contributed by atoms with Gasteiger partial charge in [0.2, 0.25) is 0 Å². The van der Waals surface area contributed by atoms with E-state index in [1.165, 1.54) is 11.1 Å². The normalized spacial score (nSPS) is 10.1. The average Bonchev–Trinajstić information content (AvgIpc) is 2.39. The molecule has 82 valence electrons. The smallest absolute Gasteiger partial charge is 0.126 e. The van der Waals surface area contributed by atoms with Gasteiger partial charge in [0.1, 0.15) is 5.75 Å². The second kappa shape index (κ2) is 5.17. The molecule has 0 saturated heterocycles. The van der Waals surface area contributed by atoms with Gasteiger partial charge >= 0.3 is 0 Å². The molecule has 0 heterocycles. The molecule has 0 radical (unpaired) electrons. The molecule has 0 amide bonds. The fourth-order valence-corrected chi connectivity index (χ4v) is 2.03. The highest BCUT2D eigenvalue weighted by Gasteiger charge is 2.05. The Morgan fingerprint density at radius 3 is 2.44 bits per heavy atom. The van der Waals surface area contributed by atoms with Crippen LogP contribution in [0.25, 0.3) is 11.1 Å². The number of rotatable bonds is 3. The van der Waals surface area contributed by atoms with Crippen LogP contribution in [0.3, 0.4) is 0 Å². The zero-order valence-electron chi connectivity index (χ0n) is 9.11. The van der Waals surface area contributed by atoms with E-state index in [0.29, 0.717) is 0 Å². The van der Waals surface area contributed by atoms with E-state index in [4.69, 9.17) is 4.74 Å². The van der Waals surface area contributed by atoms with E-state index < -0.39 is 0 Å². The van der Waals surface area contributed by atoms with E-state index in [1.807, 2.05) is 24.3 Å². The topological polar surface area (TPSA) is 9.23 Å². The maximum Gasteiger partial charge on any atom is 0.126 e. The van der Waals surface area contributed by atoms with Crippen molar-refractivity contribution in [1.29, 1.82) is 0 Å². The molecule has 0 atom stereocenters. The molecule has 0 spiro atoms. The van der Waals surface area contributed by atoms with E-state index in [2.05, 4.69) is 40.2 Å². The second-order valence-electron chi connectivity index (χ2n) is 3.53. The first-order valence-corrected chi connectivity index (χ1v) is 6.25. The van der Waals surface area contributed by atoms with E-state index in [1.54, 1.807) is 7.11 Å². The number of alkyl halides is 1. The zero-order valence-corrected chi connectivity index (χ0v) is 10.7. The molecular formula is C14H13BrO. The number of halogens is 1. The molecule has 2 aromatic carbocycles. The second-order valence-corrected chi connectivity index (χ2v) is 4.10. The van der Waals surface area contributed by atoms with Crippen LogP contribution in [0.1, 0.15) is 5.56 Å². The summed E-state index contributed by atoms with van der Waals surface area (Å²) in [7, 11) is 1.70. The van der Waals surface area contributed by atoms with Crippen LogP contribution in [-0.4, -0.2) is 7.11 Å². The predicted molar refractivity (Wildman–Crippen MR) is 71.1 cm³/mol. The van der Waals surface area contributed by atoms with Gasteiger partial charge in [0.05, 0.1) is 7.11 Å². The van der Waals surface area contributed by atoms with Crippen LogP contribution in [0.15, 0.2) is 48.5 Å². The molecule has 0 aliphatic carbocycles. The van der Waals surface area contributed by atoms with Gasteiger partial charge in [-0.15, -0.1) is 0 Å². The summed E-state index contributed by atoms with van der Waals surface area (Å²) in [4.78, 5) is 0. The summed E-state index contributed by atoms with van der Waals surface area (Å²) in [6.07, 6.45) is 0. The summed E-state index contributed by atoms with van der Waals surface area (Å²) < 4.78 is 5.38. The Bertz CT molecular complexity index is 465. The molecule has 0 unspecified atom stereocenters. The Morgan fingerprint density at radius 2 is 1.81 bits per heavy atom. The Balaban J connectivity index is 2.53. The van der Waals surface area contributed by atoms with E-state index in [-0.39, 0.29) is 0 Å². The predicted octanol–water partition coefficient (Wildman–Crippen LogP) is 4.26. The third-order valence-corrected chi connectivity index (χ3v) is 3.15. The Labute approximate surface area is 104 Å². The summed E-state index contributed by atoms with van der Waals surface area (Å²) in [5, 5.41) is 0.858. The van der Waals surface area contributed by atoms with Crippen LogP contribution < -0.4 is 4.74 Å². The molecule has 2 rings (SSSR count). The van der Waals surface area contributed by atoms with Crippen LogP contribution in [0.4, 0.5) is 0 Å². The molecule has 16 heavy (non-hydrogen) atoms. The minimum absolute atomic E-state index is 0.858. The van der Waals surface area contributed by atoms with Crippen molar-refractivity contribution in [2.45, 2.75) is 5.33 Å². The van der Waals surface area contributed by atoms with Crippen LogP contribution in [-0.2, 0) is 5.33 Å². The molecule has 0 N–H and O–H groups in total. The summed E-state index contributed by atoms with van der Waals surface area (Å²) >= 11 is 3.47. The third kappa shape index (κ3) is 2.27. The van der Waals surface area contributed by atoms with E-state index in [0.717, 1.165) is 16.6 Å². The first kappa shape index (κ1) is 11.2. The lowest BCUT2D eigenvalue weighted by Gasteiger charge is -2.10. The van der Waals surface area contributed by atoms with Gasteiger partial charge in [-0.25, -0.2) is 0 Å². The summed E-state index contributed by atoms with van der Waals surface area (Å²) in [6.45, 7) is 0. The zero-order chi connectivity index (χ0) is 11.4. The molecular weight excluding hydrogens is 264 g/mol. The highest BCUT2D eigenvalue weighted by molar-refractivity contribution is 9.08. The van der Waals surface area contributed by atoms with Crippen LogP contribution >= 0.6 is 15.9 Å². The minimum Gasteiger partial charge on any atom is -0.496 e. The number of methoxy groups -OCH3 is 1. The monoisotopic (exact) mass is 276 g/mol. The summed E-state index contributed by atoms with van der Waals surface area (Å²) in [5.74, 6) is 0.913. The van der Waals surface area contributed by atoms with Crippen molar-refractivity contribution in [3.8, 4) is 16.9 Å². The highest BCUT2D eigenvalue weighted by atomic mass is 79.9. The van der Waals surface area contributed by atoms with E-state index in [9.17, 15) is 0 Å². The Kier molecular flexibility index (Phi) is 3.62. The lowest BCUT2D eigenvalue weighted by atomic mass is 10.0. The van der Waals surface area contributed by atoms with Crippen molar-refractivity contribution in [2.75, 3.05) is 7.11 Å². The number of benzene rings is 2. The van der Waals surface area contributed by atoms with Gasteiger partial charge in [0, 0.05) is 10.9 Å². The standard InChI is InChI=1S/C14H13BrO/c1-16-14-8-7-11(10-15)9-13(14)12-5-3-2-4-6-12/h2-9H,10H2,1H3. The SMILES string of the molecule is COc1ccc(CBr)cc1-c1ccccc1. The number of hydrogen-bond donors (Lipinski definition) is 0. The molecule has 0 aliphatic rings. The number of ether oxygens (including phenoxy) is 1. The van der Waals surface area contributed by atoms with Crippen molar-refractivity contribution in [1.82, 2.24) is 0 Å². The molecule has 0 fully saturated rings. The number of hydrogen-bond acceptors (Lipinski definition) is 1. The third-order valence-electron chi connectivity index (χ3n) is 2.50. The maximum absolute atomic E-state index is 5.38. The van der Waals surface area contributed by atoms with Gasteiger partial charge in [-0.3, -0.25) is 0 Å². The van der Waals surface area contributed by atoms with Crippen molar-refractivity contribution < 1.29 is 4.74 Å². The Hall–Kier alpha value is -1.28.